The van der Waals surface area contributed by atoms with Crippen LogP contribution in [-0.2, 0) is 19.1 Å². The third-order valence-electron chi connectivity index (χ3n) is 4.36. The van der Waals surface area contributed by atoms with E-state index in [0.717, 1.165) is 12.8 Å². The van der Waals surface area contributed by atoms with E-state index in [2.05, 4.69) is 26.1 Å². The zero-order valence-corrected chi connectivity index (χ0v) is 17.0. The average Bonchev–Trinajstić information content (AvgIpc) is 2.57. The second kappa shape index (κ2) is 13.5. The fourth-order valence-corrected chi connectivity index (χ4v) is 2.46. The number of β-lactam (4-membered cyclic amide) rings is 1. The van der Waals surface area contributed by atoms with Gasteiger partial charge in [-0.05, 0) is 25.7 Å². The summed E-state index contributed by atoms with van der Waals surface area (Å²) in [6.07, 6.45) is 5.40. The van der Waals surface area contributed by atoms with Crippen LogP contribution in [0.1, 0.15) is 59.8 Å². The van der Waals surface area contributed by atoms with Crippen LogP contribution in [0.2, 0.25) is 0 Å². The first kappa shape index (κ1) is 24.4. The van der Waals surface area contributed by atoms with Crippen molar-refractivity contribution in [1.29, 1.82) is 5.26 Å². The number of nitrogens with zero attached hydrogens (tertiary/aromatic N) is 2. The molecule has 1 rings (SSSR count). The van der Waals surface area contributed by atoms with Crippen LogP contribution < -0.4 is 5.32 Å². The summed E-state index contributed by atoms with van der Waals surface area (Å²) in [5.74, 6) is 0.112. The van der Waals surface area contributed by atoms with Gasteiger partial charge in [0.05, 0.1) is 18.8 Å². The molecule has 2 unspecified atom stereocenters. The molecule has 1 saturated heterocycles. The molecule has 2 amide bonds. The van der Waals surface area contributed by atoms with Gasteiger partial charge in [-0.2, -0.15) is 5.26 Å². The fourth-order valence-electron chi connectivity index (χ4n) is 2.46. The number of nitriles is 1. The van der Waals surface area contributed by atoms with Crippen molar-refractivity contribution in [2.24, 2.45) is 5.92 Å². The first-order valence-corrected chi connectivity index (χ1v) is 9.40. The van der Waals surface area contributed by atoms with Crippen LogP contribution in [0, 0.1) is 17.4 Å². The monoisotopic (exact) mass is 369 g/mol. The first-order chi connectivity index (χ1) is 12.3. The Morgan fingerprint density at radius 2 is 1.88 bits per heavy atom. The largest absolute Gasteiger partial charge is 0.379 e. The van der Waals surface area contributed by atoms with Crippen molar-refractivity contribution < 1.29 is 19.1 Å². The summed E-state index contributed by atoms with van der Waals surface area (Å²) in [6, 6.07) is 0. The Morgan fingerprint density at radius 1 is 1.31 bits per heavy atom. The number of carbonyl (C=O) groups excluding carboxylic acids is 2. The molecule has 0 radical (unpaired) electrons. The van der Waals surface area contributed by atoms with Crippen LogP contribution in [0.3, 0.4) is 0 Å². The van der Waals surface area contributed by atoms with Gasteiger partial charge in [-0.1, -0.05) is 27.2 Å². The third-order valence-corrected chi connectivity index (χ3v) is 4.36. The molecule has 7 heteroatoms. The summed E-state index contributed by atoms with van der Waals surface area (Å²) in [7, 11) is 1.83. The van der Waals surface area contributed by atoms with E-state index >= 15 is 0 Å². The average molecular weight is 370 g/mol. The Morgan fingerprint density at radius 3 is 2.38 bits per heavy atom. The number of amides is 2. The third kappa shape index (κ3) is 9.73. The molecule has 2 atom stereocenters. The van der Waals surface area contributed by atoms with Gasteiger partial charge in [0, 0.05) is 33.1 Å². The van der Waals surface area contributed by atoms with Crippen molar-refractivity contribution in [3.63, 3.8) is 0 Å². The molecule has 1 aliphatic heterocycles. The van der Waals surface area contributed by atoms with Gasteiger partial charge in [0.15, 0.2) is 6.19 Å². The Hall–Kier alpha value is -1.65. The van der Waals surface area contributed by atoms with Crippen molar-refractivity contribution in [1.82, 2.24) is 10.2 Å². The molecule has 1 N–H and O–H groups in total. The number of hydrogen-bond acceptors (Lipinski definition) is 5. The molecule has 0 bridgehead atoms. The molecule has 0 aliphatic carbocycles. The van der Waals surface area contributed by atoms with Crippen molar-refractivity contribution in [3.05, 3.63) is 0 Å². The molecule has 0 aromatic heterocycles. The summed E-state index contributed by atoms with van der Waals surface area (Å²) in [6.45, 7) is 10.5. The van der Waals surface area contributed by atoms with Crippen LogP contribution >= 0.6 is 0 Å². The Balaban J connectivity index is 0.00000194. The summed E-state index contributed by atoms with van der Waals surface area (Å²) in [5, 5.41) is 10.4. The molecule has 150 valence electrons. The minimum atomic E-state index is -0.253. The summed E-state index contributed by atoms with van der Waals surface area (Å²) in [5.41, 5.74) is -0.0582. The maximum absolute atomic E-state index is 11.2. The molecular formula is C19H35N3O4. The fraction of sp³-hybridized carbons (Fsp3) is 0.842. The number of rotatable bonds is 11. The highest BCUT2D eigenvalue weighted by atomic mass is 16.5. The molecule has 7 nitrogen and oxygen atoms in total. The maximum atomic E-state index is 11.2. The molecule has 1 aliphatic rings. The molecule has 26 heavy (non-hydrogen) atoms. The zero-order chi connectivity index (χ0) is 20.0. The van der Waals surface area contributed by atoms with Crippen LogP contribution in [0.15, 0.2) is 0 Å². The van der Waals surface area contributed by atoms with Crippen molar-refractivity contribution in [2.45, 2.75) is 65.3 Å². The Labute approximate surface area is 158 Å². The maximum Gasteiger partial charge on any atom is 0.233 e. The lowest BCUT2D eigenvalue weighted by molar-refractivity contribution is -0.153. The van der Waals surface area contributed by atoms with E-state index in [0.29, 0.717) is 39.3 Å². The van der Waals surface area contributed by atoms with Gasteiger partial charge in [0.1, 0.15) is 0 Å². The second-order valence-corrected chi connectivity index (χ2v) is 7.07. The summed E-state index contributed by atoms with van der Waals surface area (Å²) >= 11 is 0. The Bertz CT molecular complexity index is 464. The molecule has 0 saturated carbocycles. The van der Waals surface area contributed by atoms with Gasteiger partial charge in [-0.25, -0.2) is 0 Å². The Kier molecular flexibility index (Phi) is 12.7. The van der Waals surface area contributed by atoms with Gasteiger partial charge in [-0.15, -0.1) is 0 Å². The van der Waals surface area contributed by atoms with Crippen molar-refractivity contribution >= 4 is 11.8 Å². The van der Waals surface area contributed by atoms with Gasteiger partial charge < -0.3 is 14.4 Å². The molecule has 0 spiro atoms. The van der Waals surface area contributed by atoms with Crippen molar-refractivity contribution in [2.75, 3.05) is 33.5 Å². The van der Waals surface area contributed by atoms with E-state index in [1.165, 1.54) is 6.42 Å². The normalized spacial score (nSPS) is 19.7. The SMILES string of the molecule is CC(CCOCCOCCC1(C)CC(=O)N1C)CC(=O)NC#N.CCC. The van der Waals surface area contributed by atoms with E-state index in [4.69, 9.17) is 14.7 Å². The number of likely N-dealkylation sites (tertiary alicyclic amines) is 1. The number of ether oxygens (including phenoxy) is 2. The molecule has 1 heterocycles. The number of carbonyl (C=O) groups is 2. The van der Waals surface area contributed by atoms with E-state index in [1.54, 1.807) is 11.1 Å². The van der Waals surface area contributed by atoms with Gasteiger partial charge >= 0.3 is 0 Å². The van der Waals surface area contributed by atoms with E-state index in [9.17, 15) is 9.59 Å². The zero-order valence-electron chi connectivity index (χ0n) is 17.0. The minimum absolute atomic E-state index is 0.0582. The highest BCUT2D eigenvalue weighted by molar-refractivity contribution is 5.84. The van der Waals surface area contributed by atoms with Gasteiger partial charge in [0.25, 0.3) is 0 Å². The lowest BCUT2D eigenvalue weighted by atomic mass is 9.84. The van der Waals surface area contributed by atoms with Crippen LogP contribution in [-0.4, -0.2) is 55.7 Å². The van der Waals surface area contributed by atoms with Gasteiger partial charge in [0.2, 0.25) is 11.8 Å². The van der Waals surface area contributed by atoms with Crippen LogP contribution in [0.25, 0.3) is 0 Å². The van der Waals surface area contributed by atoms with E-state index in [1.807, 2.05) is 14.0 Å². The quantitative estimate of drug-likeness (QED) is 0.261. The lowest BCUT2D eigenvalue weighted by Gasteiger charge is -2.47. The van der Waals surface area contributed by atoms with Crippen LogP contribution in [0.5, 0.6) is 0 Å². The molecule has 1 fully saturated rings. The highest BCUT2D eigenvalue weighted by Gasteiger charge is 2.43. The lowest BCUT2D eigenvalue weighted by Crippen LogP contribution is -2.60. The number of hydrogen-bond donors (Lipinski definition) is 1. The van der Waals surface area contributed by atoms with E-state index in [-0.39, 0.29) is 23.3 Å². The highest BCUT2D eigenvalue weighted by Crippen LogP contribution is 2.32. The topological polar surface area (TPSA) is 91.7 Å². The van der Waals surface area contributed by atoms with E-state index < -0.39 is 0 Å². The smallest absolute Gasteiger partial charge is 0.233 e. The molecule has 0 aromatic carbocycles. The van der Waals surface area contributed by atoms with Crippen molar-refractivity contribution in [3.8, 4) is 6.19 Å². The molecule has 0 aromatic rings. The summed E-state index contributed by atoms with van der Waals surface area (Å²) in [4.78, 5) is 24.2. The number of nitrogens with one attached hydrogen (secondary N) is 1. The molecular weight excluding hydrogens is 334 g/mol. The predicted molar refractivity (Wildman–Crippen MR) is 100 cm³/mol. The minimum Gasteiger partial charge on any atom is -0.379 e. The second-order valence-electron chi connectivity index (χ2n) is 7.07. The summed E-state index contributed by atoms with van der Waals surface area (Å²) < 4.78 is 11.0. The standard InChI is InChI=1S/C16H27N3O4.C3H8/c1-13(10-14(20)18-12-17)4-6-22-8-9-23-7-5-16(2)11-15(21)19(16)3;1-3-2/h13H,4-11H2,1-3H3,(H,18,20);3H2,1-2H3. The predicted octanol–water partition coefficient (Wildman–Crippen LogP) is 2.46. The first-order valence-electron chi connectivity index (χ1n) is 9.40. The van der Waals surface area contributed by atoms with Crippen LogP contribution in [0.4, 0.5) is 0 Å². The van der Waals surface area contributed by atoms with Gasteiger partial charge in [-0.3, -0.25) is 14.9 Å².